The van der Waals surface area contributed by atoms with Crippen LogP contribution in [-0.4, -0.2) is 36.7 Å². The number of nitrogens with zero attached hydrogens (tertiary/aromatic N) is 2. The lowest BCUT2D eigenvalue weighted by Crippen LogP contribution is -2.38. The van der Waals surface area contributed by atoms with E-state index < -0.39 is 15.9 Å². The Morgan fingerprint density at radius 2 is 1.88 bits per heavy atom. The fourth-order valence-corrected chi connectivity index (χ4v) is 6.78. The van der Waals surface area contributed by atoms with Gasteiger partial charge in [0.25, 0.3) is 5.91 Å². The number of pyridine rings is 1. The first-order chi connectivity index (χ1) is 15.9. The van der Waals surface area contributed by atoms with Gasteiger partial charge in [-0.05, 0) is 42.7 Å². The number of thiophene rings is 1. The summed E-state index contributed by atoms with van der Waals surface area (Å²) in [5.74, 6) is -0.516. The molecule has 1 fully saturated rings. The Labute approximate surface area is 194 Å². The van der Waals surface area contributed by atoms with Crippen LogP contribution in [0.4, 0.5) is 5.69 Å². The van der Waals surface area contributed by atoms with Crippen molar-refractivity contribution in [2.24, 2.45) is 5.73 Å². The molecule has 1 aromatic carbocycles. The molecule has 1 aliphatic rings. The molecule has 0 spiro atoms. The van der Waals surface area contributed by atoms with E-state index in [1.54, 1.807) is 42.9 Å². The topological polar surface area (TPSA) is 133 Å². The van der Waals surface area contributed by atoms with E-state index in [0.717, 1.165) is 16.8 Å². The summed E-state index contributed by atoms with van der Waals surface area (Å²) in [4.78, 5) is 17.9. The fraction of sp³-hybridized carbons (Fsp3) is 0.217. The second-order valence-electron chi connectivity index (χ2n) is 7.99. The maximum atomic E-state index is 13.0. The Hall–Kier alpha value is -3.21. The lowest BCUT2D eigenvalue weighted by molar-refractivity contribution is 0.100. The van der Waals surface area contributed by atoms with E-state index in [1.807, 2.05) is 12.1 Å². The number of amides is 1. The van der Waals surface area contributed by atoms with Crippen molar-refractivity contribution < 1.29 is 17.6 Å². The van der Waals surface area contributed by atoms with Gasteiger partial charge in [-0.25, -0.2) is 13.4 Å². The second-order valence-corrected chi connectivity index (χ2v) is 10.9. The number of hydrogen-bond donors (Lipinski definition) is 2. The van der Waals surface area contributed by atoms with Crippen molar-refractivity contribution in [3.8, 4) is 11.1 Å². The van der Waals surface area contributed by atoms with Crippen molar-refractivity contribution in [1.82, 2.24) is 9.29 Å². The second kappa shape index (κ2) is 8.29. The molecule has 33 heavy (non-hydrogen) atoms. The van der Waals surface area contributed by atoms with Crippen molar-refractivity contribution in [3.63, 3.8) is 0 Å². The largest absolute Gasteiger partial charge is 0.472 e. The number of furan rings is 1. The van der Waals surface area contributed by atoms with Crippen LogP contribution in [0.15, 0.2) is 64.3 Å². The average molecular weight is 483 g/mol. The number of primary amides is 1. The summed E-state index contributed by atoms with van der Waals surface area (Å²) in [7, 11) is -3.52. The molecule has 5 rings (SSSR count). The maximum absolute atomic E-state index is 13.0. The molecule has 0 atom stereocenters. The minimum absolute atomic E-state index is 0.0719. The molecule has 0 bridgehead atoms. The predicted molar refractivity (Wildman–Crippen MR) is 127 cm³/mol. The average Bonchev–Trinajstić information content (AvgIpc) is 3.48. The van der Waals surface area contributed by atoms with Gasteiger partial charge in [-0.3, -0.25) is 4.79 Å². The van der Waals surface area contributed by atoms with E-state index in [4.69, 9.17) is 20.9 Å². The molecule has 1 saturated heterocycles. The zero-order valence-electron chi connectivity index (χ0n) is 17.6. The molecule has 4 heterocycles. The summed E-state index contributed by atoms with van der Waals surface area (Å²) in [6, 6.07) is 12.3. The van der Waals surface area contributed by atoms with Gasteiger partial charge >= 0.3 is 0 Å². The fourth-order valence-electron chi connectivity index (χ4n) is 4.31. The first kappa shape index (κ1) is 21.6. The van der Waals surface area contributed by atoms with Crippen molar-refractivity contribution in [3.05, 3.63) is 65.6 Å². The monoisotopic (exact) mass is 482 g/mol. The summed E-state index contributed by atoms with van der Waals surface area (Å²) in [5.41, 5.74) is 14.6. The third kappa shape index (κ3) is 3.79. The van der Waals surface area contributed by atoms with Crippen LogP contribution >= 0.6 is 11.3 Å². The third-order valence-corrected chi connectivity index (χ3v) is 9.05. The first-order valence-electron chi connectivity index (χ1n) is 10.5. The zero-order valence-corrected chi connectivity index (χ0v) is 19.2. The molecule has 4 N–H and O–H groups in total. The van der Waals surface area contributed by atoms with Gasteiger partial charge in [0.05, 0.1) is 23.1 Å². The van der Waals surface area contributed by atoms with Crippen LogP contribution < -0.4 is 11.5 Å². The van der Waals surface area contributed by atoms with Crippen LogP contribution in [-0.2, 0) is 10.0 Å². The Kier molecular flexibility index (Phi) is 5.43. The first-order valence-corrected chi connectivity index (χ1v) is 12.7. The number of hydrogen-bond acceptors (Lipinski definition) is 7. The number of anilines is 1. The van der Waals surface area contributed by atoms with Crippen LogP contribution in [0.3, 0.4) is 0 Å². The standard InChI is InChI=1S/C23H22N4O4S2/c24-20-19-17(15-8-11-31-13-15)12-18(26-23(19)32-21(20)22(25)28)14-6-9-27(10-7-14)33(29,30)16-4-2-1-3-5-16/h1-5,8,11-14H,6-7,9-10,24H2,(H2,25,28). The van der Waals surface area contributed by atoms with Crippen molar-refractivity contribution in [2.45, 2.75) is 23.7 Å². The molecule has 1 aliphatic heterocycles. The molecular formula is C23H22N4O4S2. The maximum Gasteiger partial charge on any atom is 0.260 e. The quantitative estimate of drug-likeness (QED) is 0.444. The highest BCUT2D eigenvalue weighted by molar-refractivity contribution is 7.89. The predicted octanol–water partition coefficient (Wildman–Crippen LogP) is 3.81. The molecule has 1 amide bonds. The van der Waals surface area contributed by atoms with Crippen molar-refractivity contribution in [2.75, 3.05) is 18.8 Å². The van der Waals surface area contributed by atoms with Gasteiger partial charge in [-0.1, -0.05) is 18.2 Å². The van der Waals surface area contributed by atoms with Gasteiger partial charge in [-0.2, -0.15) is 4.31 Å². The van der Waals surface area contributed by atoms with E-state index in [-0.39, 0.29) is 10.8 Å². The molecule has 170 valence electrons. The Morgan fingerprint density at radius 1 is 1.15 bits per heavy atom. The smallest absolute Gasteiger partial charge is 0.260 e. The molecule has 4 aromatic rings. The van der Waals surface area contributed by atoms with Gasteiger partial charge in [-0.15, -0.1) is 11.3 Å². The highest BCUT2D eigenvalue weighted by atomic mass is 32.2. The van der Waals surface area contributed by atoms with E-state index in [1.165, 1.54) is 15.6 Å². The molecule has 3 aromatic heterocycles. The normalized spacial score (nSPS) is 15.8. The van der Waals surface area contributed by atoms with Gasteiger partial charge in [0.2, 0.25) is 10.0 Å². The summed E-state index contributed by atoms with van der Waals surface area (Å²) >= 11 is 1.18. The molecule has 0 saturated carbocycles. The van der Waals surface area contributed by atoms with E-state index in [0.29, 0.717) is 46.7 Å². The number of nitrogens with two attached hydrogens (primary N) is 2. The van der Waals surface area contributed by atoms with E-state index in [9.17, 15) is 13.2 Å². The van der Waals surface area contributed by atoms with Crippen LogP contribution in [0.5, 0.6) is 0 Å². The molecule has 8 nitrogen and oxygen atoms in total. The number of carbonyl (C=O) groups is 1. The van der Waals surface area contributed by atoms with Crippen molar-refractivity contribution >= 4 is 43.2 Å². The summed E-state index contributed by atoms with van der Waals surface area (Å²) < 4.78 is 32.7. The third-order valence-electron chi connectivity index (χ3n) is 6.03. The number of aromatic nitrogens is 1. The zero-order chi connectivity index (χ0) is 23.2. The van der Waals surface area contributed by atoms with E-state index in [2.05, 4.69) is 0 Å². The number of carbonyl (C=O) groups excluding carboxylic acids is 1. The lowest BCUT2D eigenvalue weighted by atomic mass is 9.92. The molecule has 0 radical (unpaired) electrons. The van der Waals surface area contributed by atoms with Crippen LogP contribution in [0.2, 0.25) is 0 Å². The van der Waals surface area contributed by atoms with Crippen LogP contribution in [0, 0.1) is 0 Å². The Bertz CT molecular complexity index is 1420. The van der Waals surface area contributed by atoms with E-state index >= 15 is 0 Å². The summed E-state index contributed by atoms with van der Waals surface area (Å²) in [6.07, 6.45) is 4.47. The van der Waals surface area contributed by atoms with Crippen molar-refractivity contribution in [1.29, 1.82) is 0 Å². The molecule has 0 aliphatic carbocycles. The highest BCUT2D eigenvalue weighted by Crippen LogP contribution is 2.42. The number of rotatable bonds is 5. The highest BCUT2D eigenvalue weighted by Gasteiger charge is 2.31. The SMILES string of the molecule is NC(=O)c1sc2nc(C3CCN(S(=O)(=O)c4ccccc4)CC3)cc(-c3ccoc3)c2c1N. The van der Waals surface area contributed by atoms with Gasteiger partial charge < -0.3 is 15.9 Å². The molecule has 0 unspecified atom stereocenters. The molecular weight excluding hydrogens is 460 g/mol. The number of fused-ring (bicyclic) bond motifs is 1. The van der Waals surface area contributed by atoms with Gasteiger partial charge in [0, 0.05) is 35.7 Å². The minimum Gasteiger partial charge on any atom is -0.472 e. The molecule has 10 heteroatoms. The number of nitrogen functional groups attached to an aromatic ring is 1. The number of piperidine rings is 1. The Balaban J connectivity index is 1.48. The Morgan fingerprint density at radius 3 is 2.52 bits per heavy atom. The van der Waals surface area contributed by atoms with Crippen LogP contribution in [0.25, 0.3) is 21.3 Å². The number of benzene rings is 1. The van der Waals surface area contributed by atoms with Gasteiger partial charge in [0.15, 0.2) is 0 Å². The number of sulfonamides is 1. The summed E-state index contributed by atoms with van der Waals surface area (Å²) in [6.45, 7) is 0.809. The summed E-state index contributed by atoms with van der Waals surface area (Å²) in [5, 5.41) is 0.683. The minimum atomic E-state index is -3.52. The lowest BCUT2D eigenvalue weighted by Gasteiger charge is -2.31. The van der Waals surface area contributed by atoms with Gasteiger partial charge in [0.1, 0.15) is 9.71 Å². The van der Waals surface area contributed by atoms with Crippen LogP contribution in [0.1, 0.15) is 34.1 Å².